The van der Waals surface area contributed by atoms with Crippen LogP contribution in [0.25, 0.3) is 0 Å². The zero-order valence-corrected chi connectivity index (χ0v) is 26.2. The molecule has 0 radical (unpaired) electrons. The molecule has 1 aliphatic rings. The molecule has 39 heavy (non-hydrogen) atoms. The Morgan fingerprint density at radius 3 is 2.10 bits per heavy atom. The third-order valence-corrected chi connectivity index (χ3v) is 9.69. The lowest BCUT2D eigenvalue weighted by molar-refractivity contribution is 0.0356. The predicted molar refractivity (Wildman–Crippen MR) is 160 cm³/mol. The molecular weight excluding hydrogens is 508 g/mol. The van der Waals surface area contributed by atoms with Gasteiger partial charge in [-0.25, -0.2) is 18.5 Å². The number of rotatable bonds is 16. The van der Waals surface area contributed by atoms with E-state index in [0.29, 0.717) is 47.1 Å². The van der Waals surface area contributed by atoms with E-state index in [1.807, 2.05) is 0 Å². The molecule has 0 aliphatic carbocycles. The number of primary sulfonamides is 1. The molecule has 0 atom stereocenters. The summed E-state index contributed by atoms with van der Waals surface area (Å²) >= 11 is 0. The van der Waals surface area contributed by atoms with Gasteiger partial charge in [-0.1, -0.05) is 91.9 Å². The van der Waals surface area contributed by atoms with E-state index < -0.39 is 10.0 Å². The van der Waals surface area contributed by atoms with Crippen molar-refractivity contribution in [3.8, 4) is 17.7 Å². The van der Waals surface area contributed by atoms with Crippen LogP contribution >= 0.6 is 0 Å². The van der Waals surface area contributed by atoms with Crippen LogP contribution in [0.1, 0.15) is 118 Å². The van der Waals surface area contributed by atoms with Crippen molar-refractivity contribution >= 4 is 10.0 Å². The van der Waals surface area contributed by atoms with Crippen molar-refractivity contribution < 1.29 is 17.9 Å². The fraction of sp³-hybridized carbons (Fsp3) is 0.781. The summed E-state index contributed by atoms with van der Waals surface area (Å²) in [5, 5.41) is 5.31. The van der Waals surface area contributed by atoms with Crippen LogP contribution in [0, 0.1) is 40.9 Å². The molecular formula is C32H54N2O4S. The third kappa shape index (κ3) is 10.7. The maximum atomic E-state index is 11.8. The monoisotopic (exact) mass is 562 g/mol. The van der Waals surface area contributed by atoms with Crippen LogP contribution < -0.4 is 9.88 Å². The van der Waals surface area contributed by atoms with Gasteiger partial charge < -0.3 is 9.47 Å². The second-order valence-electron chi connectivity index (χ2n) is 12.3. The number of nitrogens with zero attached hydrogens (tertiary/aromatic N) is 1. The molecule has 1 fully saturated rings. The van der Waals surface area contributed by atoms with E-state index in [2.05, 4.69) is 58.4 Å². The van der Waals surface area contributed by atoms with Gasteiger partial charge in [-0.15, -0.1) is 0 Å². The Morgan fingerprint density at radius 2 is 1.54 bits per heavy atom. The van der Waals surface area contributed by atoms with Crippen LogP contribution in [-0.4, -0.2) is 33.2 Å². The standard InChI is InChI=1S/C32H54N2O4S/c1-25(2)32(26(3)4,27(5)6)19-15-13-11-9-7-8-10-12-14-16-29-22-30(39(33,35)36)23-34-31(29)38-24-28-17-20-37-21-18-28/h22-23,25-28H,7-13,15,17-21,24H2,1-6H3,(H2,33,35,36). The molecule has 0 aromatic carbocycles. The summed E-state index contributed by atoms with van der Waals surface area (Å²) in [5.41, 5.74) is 0.923. The first-order valence-electron chi connectivity index (χ1n) is 15.2. The van der Waals surface area contributed by atoms with Crippen molar-refractivity contribution in [1.29, 1.82) is 0 Å². The number of pyridine rings is 1. The highest BCUT2D eigenvalue weighted by molar-refractivity contribution is 7.89. The highest BCUT2D eigenvalue weighted by Crippen LogP contribution is 2.47. The van der Waals surface area contributed by atoms with Crippen molar-refractivity contribution in [1.82, 2.24) is 4.98 Å². The van der Waals surface area contributed by atoms with Crippen molar-refractivity contribution in [2.45, 2.75) is 117 Å². The first-order chi connectivity index (χ1) is 18.5. The summed E-state index contributed by atoms with van der Waals surface area (Å²) in [6.07, 6.45) is 13.9. The lowest BCUT2D eigenvalue weighted by atomic mass is 9.60. The molecule has 0 bridgehead atoms. The summed E-state index contributed by atoms with van der Waals surface area (Å²) < 4.78 is 35.0. The van der Waals surface area contributed by atoms with Crippen LogP contribution in [0.2, 0.25) is 0 Å². The van der Waals surface area contributed by atoms with Gasteiger partial charge in [-0.05, 0) is 60.8 Å². The lowest BCUT2D eigenvalue weighted by Gasteiger charge is -2.45. The van der Waals surface area contributed by atoms with Gasteiger partial charge in [0.2, 0.25) is 15.9 Å². The van der Waals surface area contributed by atoms with Gasteiger partial charge in [-0.2, -0.15) is 0 Å². The number of nitrogens with two attached hydrogens (primary N) is 1. The number of aromatic nitrogens is 1. The normalized spacial score (nSPS) is 15.1. The molecule has 0 amide bonds. The van der Waals surface area contributed by atoms with Crippen LogP contribution in [-0.2, 0) is 14.8 Å². The van der Waals surface area contributed by atoms with Crippen molar-refractivity contribution in [3.63, 3.8) is 0 Å². The molecule has 1 aromatic rings. The Labute approximate surface area is 239 Å². The maximum Gasteiger partial charge on any atom is 0.239 e. The van der Waals surface area contributed by atoms with E-state index in [1.165, 1.54) is 50.8 Å². The number of ether oxygens (including phenoxy) is 2. The second-order valence-corrected chi connectivity index (χ2v) is 13.9. The third-order valence-electron chi connectivity index (χ3n) is 8.81. The summed E-state index contributed by atoms with van der Waals surface area (Å²) in [5.74, 6) is 9.20. The van der Waals surface area contributed by atoms with Gasteiger partial charge in [0, 0.05) is 19.6 Å². The molecule has 2 N–H and O–H groups in total. The van der Waals surface area contributed by atoms with E-state index >= 15 is 0 Å². The Hall–Kier alpha value is -1.62. The van der Waals surface area contributed by atoms with Gasteiger partial charge in [0.1, 0.15) is 4.90 Å². The van der Waals surface area contributed by atoms with E-state index in [-0.39, 0.29) is 4.90 Å². The molecule has 2 heterocycles. The largest absolute Gasteiger partial charge is 0.476 e. The second kappa shape index (κ2) is 16.6. The minimum atomic E-state index is -3.85. The molecule has 2 rings (SSSR count). The minimum Gasteiger partial charge on any atom is -0.476 e. The van der Waals surface area contributed by atoms with E-state index in [0.717, 1.165) is 45.3 Å². The molecule has 222 valence electrons. The molecule has 1 saturated heterocycles. The first-order valence-corrected chi connectivity index (χ1v) is 16.7. The van der Waals surface area contributed by atoms with Crippen LogP contribution in [0.4, 0.5) is 0 Å². The van der Waals surface area contributed by atoms with Crippen molar-refractivity contribution in [2.24, 2.45) is 34.2 Å². The Morgan fingerprint density at radius 1 is 0.974 bits per heavy atom. The van der Waals surface area contributed by atoms with Crippen LogP contribution in [0.3, 0.4) is 0 Å². The number of hydrogen-bond acceptors (Lipinski definition) is 5. The zero-order valence-electron chi connectivity index (χ0n) is 25.4. The van der Waals surface area contributed by atoms with E-state index in [4.69, 9.17) is 14.6 Å². The summed E-state index contributed by atoms with van der Waals surface area (Å²) in [7, 11) is -3.85. The fourth-order valence-electron chi connectivity index (χ4n) is 6.46. The Balaban J connectivity index is 1.76. The maximum absolute atomic E-state index is 11.8. The lowest BCUT2D eigenvalue weighted by Crippen LogP contribution is -2.38. The highest BCUT2D eigenvalue weighted by Gasteiger charge is 2.39. The number of sulfonamides is 1. The summed E-state index contributed by atoms with van der Waals surface area (Å²) in [6, 6.07) is 1.47. The van der Waals surface area contributed by atoms with Crippen LogP contribution in [0.15, 0.2) is 17.2 Å². The smallest absolute Gasteiger partial charge is 0.239 e. The summed E-state index contributed by atoms with van der Waals surface area (Å²) in [4.78, 5) is 4.18. The highest BCUT2D eigenvalue weighted by atomic mass is 32.2. The van der Waals surface area contributed by atoms with Gasteiger partial charge in [-0.3, -0.25) is 0 Å². The van der Waals surface area contributed by atoms with Crippen LogP contribution in [0.5, 0.6) is 5.88 Å². The molecule has 1 aliphatic heterocycles. The average molecular weight is 563 g/mol. The van der Waals surface area contributed by atoms with Gasteiger partial charge in [0.25, 0.3) is 0 Å². The zero-order chi connectivity index (χ0) is 28.9. The first kappa shape index (κ1) is 33.6. The quantitative estimate of drug-likeness (QED) is 0.168. The summed E-state index contributed by atoms with van der Waals surface area (Å²) in [6.45, 7) is 16.4. The van der Waals surface area contributed by atoms with Crippen molar-refractivity contribution in [2.75, 3.05) is 19.8 Å². The average Bonchev–Trinajstić information content (AvgIpc) is 2.87. The number of hydrogen-bond donors (Lipinski definition) is 1. The topological polar surface area (TPSA) is 91.5 Å². The van der Waals surface area contributed by atoms with Crippen molar-refractivity contribution in [3.05, 3.63) is 17.8 Å². The Kier molecular flexibility index (Phi) is 14.3. The minimum absolute atomic E-state index is 0.0439. The van der Waals surface area contributed by atoms with Gasteiger partial charge in [0.05, 0.1) is 18.4 Å². The van der Waals surface area contributed by atoms with Gasteiger partial charge in [0.15, 0.2) is 0 Å². The SMILES string of the molecule is CC(C)C(CCCCCCCCCC#Cc1cc(S(N)(=O)=O)cnc1OCC1CCOCC1)(C(C)C)C(C)C. The van der Waals surface area contributed by atoms with E-state index in [9.17, 15) is 8.42 Å². The fourth-order valence-corrected chi connectivity index (χ4v) is 6.94. The van der Waals surface area contributed by atoms with E-state index in [1.54, 1.807) is 0 Å². The molecule has 1 aromatic heterocycles. The number of unbranched alkanes of at least 4 members (excludes halogenated alkanes) is 7. The molecule has 7 heteroatoms. The molecule has 0 spiro atoms. The molecule has 6 nitrogen and oxygen atoms in total. The molecule has 0 saturated carbocycles. The van der Waals surface area contributed by atoms with Gasteiger partial charge >= 0.3 is 0 Å². The molecule has 0 unspecified atom stereocenters. The Bertz CT molecular complexity index is 997. The predicted octanol–water partition coefficient (Wildman–Crippen LogP) is 7.35.